The van der Waals surface area contributed by atoms with Gasteiger partial charge in [-0.1, -0.05) is 59.1 Å². The van der Waals surface area contributed by atoms with Gasteiger partial charge in [0, 0.05) is 10.0 Å². The molecule has 2 aromatic rings. The Morgan fingerprint density at radius 1 is 1.14 bits per heavy atom. The molecule has 29 heavy (non-hydrogen) atoms. The molecule has 3 N–H and O–H groups in total. The summed E-state index contributed by atoms with van der Waals surface area (Å²) in [4.78, 5) is 36.8. The predicted octanol–water partition coefficient (Wildman–Crippen LogP) is 3.90. The molecule has 0 aromatic heterocycles. The number of nitrogens with one attached hydrogen (secondary N) is 2. The second-order valence-corrected chi connectivity index (χ2v) is 7.50. The van der Waals surface area contributed by atoms with E-state index in [4.69, 9.17) is 0 Å². The van der Waals surface area contributed by atoms with E-state index in [0.29, 0.717) is 17.5 Å². The van der Waals surface area contributed by atoms with E-state index in [9.17, 15) is 19.5 Å². The van der Waals surface area contributed by atoms with Gasteiger partial charge in [-0.05, 0) is 49.2 Å². The Morgan fingerprint density at radius 3 is 2.41 bits per heavy atom. The van der Waals surface area contributed by atoms with Crippen LogP contribution in [0.2, 0.25) is 0 Å². The second kappa shape index (κ2) is 10.6. The van der Waals surface area contributed by atoms with E-state index < -0.39 is 23.8 Å². The van der Waals surface area contributed by atoms with Crippen LogP contribution in [-0.4, -0.2) is 28.9 Å². The molecule has 0 aliphatic carbocycles. The summed E-state index contributed by atoms with van der Waals surface area (Å²) in [5, 5.41) is 14.4. The average Bonchev–Trinajstić information content (AvgIpc) is 2.67. The van der Waals surface area contributed by atoms with Gasteiger partial charge in [-0.2, -0.15) is 0 Å². The van der Waals surface area contributed by atoms with Gasteiger partial charge >= 0.3 is 5.97 Å². The molecule has 2 amide bonds. The molecule has 7 heteroatoms. The van der Waals surface area contributed by atoms with Crippen molar-refractivity contribution in [1.82, 2.24) is 10.6 Å². The number of hydrogen-bond acceptors (Lipinski definition) is 3. The first-order chi connectivity index (χ1) is 13.8. The summed E-state index contributed by atoms with van der Waals surface area (Å²) in [5.41, 5.74) is 2.05. The third kappa shape index (κ3) is 6.87. The van der Waals surface area contributed by atoms with E-state index in [-0.39, 0.29) is 12.1 Å². The molecule has 2 aromatic carbocycles. The van der Waals surface area contributed by atoms with E-state index >= 15 is 0 Å². The standard InChI is InChI=1S/C22H23BrN2O4/c1-3-5-18(22(28)29)24-21(27)19(13-15-6-4-7-17(23)12-15)25-20(26)16-10-8-14(2)9-11-16/h4,6-13,18H,3,5H2,1-2H3,(H,24,27)(H,25,26)(H,28,29)/b19-13+. The van der Waals surface area contributed by atoms with Crippen LogP contribution < -0.4 is 10.6 Å². The molecule has 0 radical (unpaired) electrons. The second-order valence-electron chi connectivity index (χ2n) is 6.59. The number of aryl methyl sites for hydroxylation is 1. The summed E-state index contributed by atoms with van der Waals surface area (Å²) in [6, 6.07) is 13.1. The van der Waals surface area contributed by atoms with Gasteiger partial charge in [0.05, 0.1) is 0 Å². The molecule has 0 saturated heterocycles. The largest absolute Gasteiger partial charge is 0.480 e. The quantitative estimate of drug-likeness (QED) is 0.522. The molecule has 2 rings (SSSR count). The zero-order valence-electron chi connectivity index (χ0n) is 16.2. The number of benzene rings is 2. The molecule has 0 bridgehead atoms. The van der Waals surface area contributed by atoms with Crippen molar-refractivity contribution in [3.8, 4) is 0 Å². The van der Waals surface area contributed by atoms with Crippen LogP contribution in [-0.2, 0) is 9.59 Å². The minimum absolute atomic E-state index is 0.0315. The van der Waals surface area contributed by atoms with Crippen LogP contribution in [0.15, 0.2) is 58.7 Å². The lowest BCUT2D eigenvalue weighted by molar-refractivity contribution is -0.141. The zero-order chi connectivity index (χ0) is 21.4. The summed E-state index contributed by atoms with van der Waals surface area (Å²) in [5.74, 6) is -2.23. The summed E-state index contributed by atoms with van der Waals surface area (Å²) in [7, 11) is 0. The maximum Gasteiger partial charge on any atom is 0.326 e. The van der Waals surface area contributed by atoms with Crippen LogP contribution in [0.4, 0.5) is 0 Å². The molecule has 152 valence electrons. The highest BCUT2D eigenvalue weighted by Gasteiger charge is 2.22. The SMILES string of the molecule is CCCC(NC(=O)/C(=C\c1cccc(Br)c1)NC(=O)c1ccc(C)cc1)C(=O)O. The van der Waals surface area contributed by atoms with Gasteiger partial charge in [0.2, 0.25) is 0 Å². The number of aliphatic carboxylic acids is 1. The smallest absolute Gasteiger partial charge is 0.326 e. The number of hydrogen-bond donors (Lipinski definition) is 3. The monoisotopic (exact) mass is 458 g/mol. The molecule has 0 saturated carbocycles. The number of carbonyl (C=O) groups is 3. The molecular weight excluding hydrogens is 436 g/mol. The number of carboxylic acids is 1. The third-order valence-corrected chi connectivity index (χ3v) is 4.64. The number of halogens is 1. The van der Waals surface area contributed by atoms with Gasteiger partial charge in [0.1, 0.15) is 11.7 Å². The average molecular weight is 459 g/mol. The summed E-state index contributed by atoms with van der Waals surface area (Å²) >= 11 is 3.37. The van der Waals surface area contributed by atoms with Gasteiger partial charge in [0.25, 0.3) is 11.8 Å². The highest BCUT2D eigenvalue weighted by atomic mass is 79.9. The first-order valence-corrected chi connectivity index (χ1v) is 9.98. The van der Waals surface area contributed by atoms with Crippen molar-refractivity contribution in [3.63, 3.8) is 0 Å². The van der Waals surface area contributed by atoms with Crippen molar-refractivity contribution < 1.29 is 19.5 Å². The van der Waals surface area contributed by atoms with E-state index in [2.05, 4.69) is 26.6 Å². The lowest BCUT2D eigenvalue weighted by Crippen LogP contribution is -2.44. The van der Waals surface area contributed by atoms with Crippen LogP contribution >= 0.6 is 15.9 Å². The van der Waals surface area contributed by atoms with Gasteiger partial charge in [-0.15, -0.1) is 0 Å². The van der Waals surface area contributed by atoms with Crippen LogP contribution in [0.5, 0.6) is 0 Å². The highest BCUT2D eigenvalue weighted by molar-refractivity contribution is 9.10. The maximum atomic E-state index is 12.8. The molecule has 0 fully saturated rings. The Bertz CT molecular complexity index is 923. The van der Waals surface area contributed by atoms with Crippen LogP contribution in [0.1, 0.15) is 41.3 Å². The molecule has 1 unspecified atom stereocenters. The van der Waals surface area contributed by atoms with Crippen molar-refractivity contribution in [1.29, 1.82) is 0 Å². The summed E-state index contributed by atoms with van der Waals surface area (Å²) < 4.78 is 0.810. The molecular formula is C22H23BrN2O4. The van der Waals surface area contributed by atoms with E-state index in [0.717, 1.165) is 10.0 Å². The number of carbonyl (C=O) groups excluding carboxylic acids is 2. The first kappa shape index (κ1) is 22.4. The normalized spacial score (nSPS) is 12.2. The lowest BCUT2D eigenvalue weighted by Gasteiger charge is -2.16. The van der Waals surface area contributed by atoms with E-state index in [1.165, 1.54) is 6.08 Å². The van der Waals surface area contributed by atoms with Gasteiger partial charge < -0.3 is 15.7 Å². The molecule has 0 aliphatic rings. The molecule has 0 spiro atoms. The van der Waals surface area contributed by atoms with E-state index in [1.807, 2.05) is 19.9 Å². The molecule has 6 nitrogen and oxygen atoms in total. The third-order valence-electron chi connectivity index (χ3n) is 4.15. The van der Waals surface area contributed by atoms with Gasteiger partial charge in [-0.25, -0.2) is 4.79 Å². The van der Waals surface area contributed by atoms with Crippen molar-refractivity contribution >= 4 is 39.8 Å². The molecule has 1 atom stereocenters. The number of amides is 2. The Labute approximate surface area is 178 Å². The van der Waals surface area contributed by atoms with Crippen molar-refractivity contribution in [2.45, 2.75) is 32.7 Å². The topological polar surface area (TPSA) is 95.5 Å². The Balaban J connectivity index is 2.32. The van der Waals surface area contributed by atoms with Crippen LogP contribution in [0.25, 0.3) is 6.08 Å². The molecule has 0 aliphatic heterocycles. The van der Waals surface area contributed by atoms with Gasteiger partial charge in [-0.3, -0.25) is 9.59 Å². The summed E-state index contributed by atoms with van der Waals surface area (Å²) in [6.07, 6.45) is 2.39. The minimum Gasteiger partial charge on any atom is -0.480 e. The number of carboxylic acid groups (broad SMARTS) is 1. The first-order valence-electron chi connectivity index (χ1n) is 9.19. The maximum absolute atomic E-state index is 12.8. The highest BCUT2D eigenvalue weighted by Crippen LogP contribution is 2.15. The van der Waals surface area contributed by atoms with Crippen molar-refractivity contribution in [3.05, 3.63) is 75.4 Å². The van der Waals surface area contributed by atoms with Crippen molar-refractivity contribution in [2.24, 2.45) is 0 Å². The molecule has 0 heterocycles. The fourth-order valence-electron chi connectivity index (χ4n) is 2.60. The Hall–Kier alpha value is -2.93. The van der Waals surface area contributed by atoms with Crippen LogP contribution in [0, 0.1) is 6.92 Å². The van der Waals surface area contributed by atoms with Gasteiger partial charge in [0.15, 0.2) is 0 Å². The predicted molar refractivity (Wildman–Crippen MR) is 115 cm³/mol. The van der Waals surface area contributed by atoms with E-state index in [1.54, 1.807) is 42.5 Å². The minimum atomic E-state index is -1.12. The fourth-order valence-corrected chi connectivity index (χ4v) is 3.02. The summed E-state index contributed by atoms with van der Waals surface area (Å²) in [6.45, 7) is 3.74. The fraction of sp³-hybridized carbons (Fsp3) is 0.227. The Kier molecular flexibility index (Phi) is 8.15. The zero-order valence-corrected chi connectivity index (χ0v) is 17.8. The van der Waals surface area contributed by atoms with Crippen LogP contribution in [0.3, 0.4) is 0 Å². The lowest BCUT2D eigenvalue weighted by atomic mass is 10.1. The number of rotatable bonds is 8. The Morgan fingerprint density at radius 2 is 1.83 bits per heavy atom. The van der Waals surface area contributed by atoms with Crippen molar-refractivity contribution in [2.75, 3.05) is 0 Å².